The summed E-state index contributed by atoms with van der Waals surface area (Å²) in [6, 6.07) is 0. The molecule has 0 N–H and O–H groups in total. The second kappa shape index (κ2) is 2.62. The van der Waals surface area contributed by atoms with Crippen molar-refractivity contribution in [2.75, 3.05) is 7.11 Å². The van der Waals surface area contributed by atoms with Crippen molar-refractivity contribution < 1.29 is 9.53 Å². The second-order valence-electron chi connectivity index (χ2n) is 2.44. The van der Waals surface area contributed by atoms with Crippen LogP contribution in [0.2, 0.25) is 0 Å². The van der Waals surface area contributed by atoms with Crippen molar-refractivity contribution in [3.8, 4) is 0 Å². The van der Waals surface area contributed by atoms with E-state index < -0.39 is 5.97 Å². The number of carbonyl (C=O) groups excluding carboxylic acids is 1. The van der Waals surface area contributed by atoms with Gasteiger partial charge in [0.05, 0.1) is 7.11 Å². The Hall–Kier alpha value is -0.500. The molecule has 1 aliphatic carbocycles. The van der Waals surface area contributed by atoms with Crippen molar-refractivity contribution in [1.29, 1.82) is 0 Å². The van der Waals surface area contributed by atoms with Crippen LogP contribution in [0.3, 0.4) is 0 Å². The van der Waals surface area contributed by atoms with Crippen LogP contribution < -0.4 is 0 Å². The van der Waals surface area contributed by atoms with Crippen LogP contribution in [0.4, 0.5) is 0 Å². The van der Waals surface area contributed by atoms with E-state index in [0.717, 1.165) is 12.0 Å². The molecule has 0 aliphatic heterocycles. The molecular weight excluding hydrogens is 152 g/mol. The first kappa shape index (κ1) is 7.61. The summed E-state index contributed by atoms with van der Waals surface area (Å²) in [7, 11) is 1.33. The number of rotatable bonds is 1. The van der Waals surface area contributed by atoms with Gasteiger partial charge in [-0.2, -0.15) is 0 Å². The molecule has 1 rings (SSSR count). The average molecular weight is 161 g/mol. The van der Waals surface area contributed by atoms with E-state index >= 15 is 0 Å². The Kier molecular flexibility index (Phi) is 2.00. The Morgan fingerprint density at radius 3 is 2.60 bits per heavy atom. The lowest BCUT2D eigenvalue weighted by Gasteiger charge is -1.93. The minimum Gasteiger partial charge on any atom is -0.465 e. The SMILES string of the molecule is COC(=O)C(Cl)=C1CC1C. The smallest absolute Gasteiger partial charge is 0.349 e. The molecule has 1 unspecified atom stereocenters. The van der Waals surface area contributed by atoms with Gasteiger partial charge in [0.1, 0.15) is 5.03 Å². The minimum absolute atomic E-state index is 0.273. The number of ether oxygens (including phenoxy) is 1. The molecule has 0 spiro atoms. The number of allylic oxidation sites excluding steroid dienone is 1. The van der Waals surface area contributed by atoms with Crippen molar-refractivity contribution in [2.24, 2.45) is 5.92 Å². The van der Waals surface area contributed by atoms with Crippen LogP contribution in [0.1, 0.15) is 13.3 Å². The summed E-state index contributed by atoms with van der Waals surface area (Å²) in [5.74, 6) is 0.0626. The fourth-order valence-electron chi connectivity index (χ4n) is 0.798. The molecule has 0 aromatic rings. The Morgan fingerprint density at radius 1 is 1.80 bits per heavy atom. The van der Waals surface area contributed by atoms with Gasteiger partial charge in [-0.05, 0) is 17.9 Å². The third kappa shape index (κ3) is 1.32. The highest BCUT2D eigenvalue weighted by Gasteiger charge is 2.30. The van der Waals surface area contributed by atoms with E-state index in [1.54, 1.807) is 0 Å². The molecule has 10 heavy (non-hydrogen) atoms. The number of hydrogen-bond acceptors (Lipinski definition) is 2. The standard InChI is InChI=1S/C7H9ClO2/c1-4-3-5(4)6(8)7(9)10-2/h4H,3H2,1-2H3. The van der Waals surface area contributed by atoms with Gasteiger partial charge < -0.3 is 4.74 Å². The number of esters is 1. The van der Waals surface area contributed by atoms with Crippen molar-refractivity contribution in [3.63, 3.8) is 0 Å². The topological polar surface area (TPSA) is 26.3 Å². The minimum atomic E-state index is -0.416. The van der Waals surface area contributed by atoms with Crippen LogP contribution in [0.5, 0.6) is 0 Å². The maximum Gasteiger partial charge on any atom is 0.349 e. The van der Waals surface area contributed by atoms with Crippen molar-refractivity contribution in [3.05, 3.63) is 10.6 Å². The van der Waals surface area contributed by atoms with Gasteiger partial charge in [0, 0.05) is 0 Å². The van der Waals surface area contributed by atoms with Crippen LogP contribution >= 0.6 is 11.6 Å². The Morgan fingerprint density at radius 2 is 2.30 bits per heavy atom. The molecule has 1 fully saturated rings. The summed E-state index contributed by atoms with van der Waals surface area (Å²) in [5.41, 5.74) is 1.02. The first-order valence-electron chi connectivity index (χ1n) is 3.13. The highest BCUT2D eigenvalue weighted by atomic mass is 35.5. The van der Waals surface area contributed by atoms with Crippen LogP contribution in [0, 0.1) is 5.92 Å². The van der Waals surface area contributed by atoms with Gasteiger partial charge in [-0.15, -0.1) is 0 Å². The monoisotopic (exact) mass is 160 g/mol. The van der Waals surface area contributed by atoms with Crippen LogP contribution in [0.15, 0.2) is 10.6 Å². The van der Waals surface area contributed by atoms with Crippen molar-refractivity contribution in [1.82, 2.24) is 0 Å². The number of methoxy groups -OCH3 is 1. The summed E-state index contributed by atoms with van der Waals surface area (Å²) in [5, 5.41) is 0.273. The highest BCUT2D eigenvalue weighted by molar-refractivity contribution is 6.41. The number of hydrogen-bond donors (Lipinski definition) is 0. The molecule has 0 heterocycles. The second-order valence-corrected chi connectivity index (χ2v) is 2.81. The molecule has 1 atom stereocenters. The molecule has 56 valence electrons. The van der Waals surface area contributed by atoms with Gasteiger partial charge >= 0.3 is 5.97 Å². The van der Waals surface area contributed by atoms with Gasteiger partial charge in [0.25, 0.3) is 0 Å². The zero-order chi connectivity index (χ0) is 7.72. The molecular formula is C7H9ClO2. The highest BCUT2D eigenvalue weighted by Crippen LogP contribution is 2.40. The lowest BCUT2D eigenvalue weighted by atomic mass is 10.4. The Balaban J connectivity index is 2.66. The molecule has 0 aromatic carbocycles. The summed E-state index contributed by atoms with van der Waals surface area (Å²) in [6.45, 7) is 2.03. The first-order valence-corrected chi connectivity index (χ1v) is 3.51. The number of halogens is 1. The fraction of sp³-hybridized carbons (Fsp3) is 0.571. The molecule has 0 radical (unpaired) electrons. The largest absolute Gasteiger partial charge is 0.465 e. The van der Waals surface area contributed by atoms with Gasteiger partial charge in [-0.1, -0.05) is 18.5 Å². The van der Waals surface area contributed by atoms with Crippen molar-refractivity contribution in [2.45, 2.75) is 13.3 Å². The summed E-state index contributed by atoms with van der Waals surface area (Å²) >= 11 is 5.63. The quantitative estimate of drug-likeness (QED) is 0.431. The van der Waals surface area contributed by atoms with E-state index in [1.165, 1.54) is 7.11 Å². The van der Waals surface area contributed by atoms with Crippen molar-refractivity contribution >= 4 is 17.6 Å². The maximum atomic E-state index is 10.7. The molecule has 1 saturated carbocycles. The van der Waals surface area contributed by atoms with E-state index in [2.05, 4.69) is 4.74 Å². The summed E-state index contributed by atoms with van der Waals surface area (Å²) < 4.78 is 4.43. The lowest BCUT2D eigenvalue weighted by molar-refractivity contribution is -0.135. The normalized spacial score (nSPS) is 27.7. The van der Waals surface area contributed by atoms with E-state index in [9.17, 15) is 4.79 Å². The van der Waals surface area contributed by atoms with Gasteiger partial charge in [0.2, 0.25) is 0 Å². The predicted molar refractivity (Wildman–Crippen MR) is 38.7 cm³/mol. The van der Waals surface area contributed by atoms with Gasteiger partial charge in [-0.25, -0.2) is 4.79 Å². The molecule has 3 heteroatoms. The fourth-order valence-corrected chi connectivity index (χ4v) is 1.14. The Labute approximate surface area is 64.8 Å². The molecule has 0 saturated heterocycles. The van der Waals surface area contributed by atoms with Crippen LogP contribution in [0.25, 0.3) is 0 Å². The van der Waals surface area contributed by atoms with E-state index in [4.69, 9.17) is 11.6 Å². The average Bonchev–Trinajstić information content (AvgIpc) is 2.63. The zero-order valence-corrected chi connectivity index (χ0v) is 6.73. The molecule has 1 aliphatic rings. The van der Waals surface area contributed by atoms with Gasteiger partial charge in [-0.3, -0.25) is 0 Å². The molecule has 2 nitrogen and oxygen atoms in total. The molecule has 0 amide bonds. The summed E-state index contributed by atoms with van der Waals surface area (Å²) in [6.07, 6.45) is 0.938. The van der Waals surface area contributed by atoms with E-state index in [-0.39, 0.29) is 5.03 Å². The third-order valence-electron chi connectivity index (χ3n) is 1.61. The van der Waals surface area contributed by atoms with Crippen LogP contribution in [-0.4, -0.2) is 13.1 Å². The van der Waals surface area contributed by atoms with Crippen LogP contribution in [-0.2, 0) is 9.53 Å². The zero-order valence-electron chi connectivity index (χ0n) is 5.98. The van der Waals surface area contributed by atoms with E-state index in [0.29, 0.717) is 5.92 Å². The maximum absolute atomic E-state index is 10.7. The molecule has 0 aromatic heterocycles. The Bertz CT molecular complexity index is 196. The number of carbonyl (C=O) groups is 1. The molecule has 0 bridgehead atoms. The van der Waals surface area contributed by atoms with E-state index in [1.807, 2.05) is 6.92 Å². The third-order valence-corrected chi connectivity index (χ3v) is 2.00. The first-order chi connectivity index (χ1) is 4.66. The summed E-state index contributed by atoms with van der Waals surface area (Å²) in [4.78, 5) is 10.7. The predicted octanol–water partition coefficient (Wildman–Crippen LogP) is 1.69. The lowest BCUT2D eigenvalue weighted by Crippen LogP contribution is -1.99. The van der Waals surface area contributed by atoms with Gasteiger partial charge in [0.15, 0.2) is 0 Å².